The molecule has 1 amide bonds. The number of carbonyl (C=O) groups excluding carboxylic acids is 1. The maximum absolute atomic E-state index is 14.2. The topological polar surface area (TPSA) is 77.8 Å². The molecule has 2 aliphatic rings. The highest BCUT2D eigenvalue weighted by Gasteiger charge is 2.33. The number of para-hydroxylation sites is 1. The van der Waals surface area contributed by atoms with Gasteiger partial charge in [0.25, 0.3) is 5.91 Å². The number of benzene rings is 2. The Bertz CT molecular complexity index is 1200. The first-order valence-electron chi connectivity index (χ1n) is 12.8. The number of aliphatic carboxylic acids is 1. The van der Waals surface area contributed by atoms with Crippen LogP contribution in [0.25, 0.3) is 16.9 Å². The Labute approximate surface area is 212 Å². The lowest BCUT2D eigenvalue weighted by Gasteiger charge is -2.40. The Hall–Kier alpha value is -3.42. The normalized spacial score (nSPS) is 19.4. The molecule has 2 fully saturated rings. The SMILES string of the molecule is Cc1cc(C(=O)N2CCNC[C@H]2CN2CCC(C(=O)O)CC2)c(-c2ccccc2)n1-c1ccccc1. The summed E-state index contributed by atoms with van der Waals surface area (Å²) in [5, 5.41) is 12.8. The van der Waals surface area contributed by atoms with Crippen LogP contribution in [-0.2, 0) is 4.79 Å². The summed E-state index contributed by atoms with van der Waals surface area (Å²) in [4.78, 5) is 29.9. The van der Waals surface area contributed by atoms with Crippen molar-refractivity contribution in [3.63, 3.8) is 0 Å². The average Bonchev–Trinajstić information content (AvgIpc) is 3.27. The van der Waals surface area contributed by atoms with Gasteiger partial charge in [-0.2, -0.15) is 0 Å². The molecule has 2 saturated heterocycles. The molecule has 0 unspecified atom stereocenters. The third-order valence-electron chi connectivity index (χ3n) is 7.49. The van der Waals surface area contributed by atoms with Gasteiger partial charge in [-0.1, -0.05) is 48.5 Å². The maximum Gasteiger partial charge on any atom is 0.306 e. The number of hydrogen-bond acceptors (Lipinski definition) is 4. The zero-order valence-electron chi connectivity index (χ0n) is 20.8. The summed E-state index contributed by atoms with van der Waals surface area (Å²) in [6, 6.07) is 22.4. The molecule has 2 aromatic carbocycles. The molecule has 0 aliphatic carbocycles. The third kappa shape index (κ3) is 4.94. The van der Waals surface area contributed by atoms with Crippen LogP contribution in [0.5, 0.6) is 0 Å². The highest BCUT2D eigenvalue weighted by molar-refractivity contribution is 6.01. The van der Waals surface area contributed by atoms with Gasteiger partial charge in [-0.05, 0) is 56.6 Å². The number of rotatable bonds is 6. The third-order valence-corrected chi connectivity index (χ3v) is 7.49. The van der Waals surface area contributed by atoms with Crippen molar-refractivity contribution in [1.82, 2.24) is 19.7 Å². The van der Waals surface area contributed by atoms with Crippen LogP contribution in [0.2, 0.25) is 0 Å². The van der Waals surface area contributed by atoms with E-state index in [-0.39, 0.29) is 17.9 Å². The van der Waals surface area contributed by atoms with Crippen molar-refractivity contribution in [2.45, 2.75) is 25.8 Å². The smallest absolute Gasteiger partial charge is 0.306 e. The molecule has 36 heavy (non-hydrogen) atoms. The number of carboxylic acids is 1. The van der Waals surface area contributed by atoms with Crippen LogP contribution in [0.4, 0.5) is 0 Å². The molecular weight excluding hydrogens is 452 g/mol. The monoisotopic (exact) mass is 486 g/mol. The number of carboxylic acid groups (broad SMARTS) is 1. The van der Waals surface area contributed by atoms with Crippen LogP contribution < -0.4 is 5.32 Å². The highest BCUT2D eigenvalue weighted by atomic mass is 16.4. The van der Waals surface area contributed by atoms with Crippen LogP contribution in [0.1, 0.15) is 28.9 Å². The second-order valence-corrected chi connectivity index (χ2v) is 9.85. The number of aromatic nitrogens is 1. The van der Waals surface area contributed by atoms with Crippen LogP contribution >= 0.6 is 0 Å². The molecule has 188 valence electrons. The standard InChI is InChI=1S/C29H34N4O3/c1-21-18-26(27(22-8-4-2-5-9-22)33(21)24-10-6-3-7-11-24)28(34)32-17-14-30-19-25(32)20-31-15-12-23(13-16-31)29(35)36/h2-11,18,23,25,30H,12-17,19-20H2,1H3,(H,35,36)/t25-/m0/s1. The van der Waals surface area contributed by atoms with E-state index in [0.29, 0.717) is 19.4 Å². The van der Waals surface area contributed by atoms with E-state index >= 15 is 0 Å². The number of piperidine rings is 1. The molecule has 7 heteroatoms. The van der Waals surface area contributed by atoms with Gasteiger partial charge >= 0.3 is 5.97 Å². The molecule has 1 atom stereocenters. The number of nitrogens with zero attached hydrogens (tertiary/aromatic N) is 3. The summed E-state index contributed by atoms with van der Waals surface area (Å²) >= 11 is 0. The van der Waals surface area contributed by atoms with Crippen molar-refractivity contribution in [2.24, 2.45) is 5.92 Å². The maximum atomic E-state index is 14.2. The Morgan fingerprint density at radius 1 is 0.972 bits per heavy atom. The zero-order valence-corrected chi connectivity index (χ0v) is 20.8. The van der Waals surface area contributed by atoms with E-state index in [9.17, 15) is 14.7 Å². The van der Waals surface area contributed by atoms with Crippen molar-refractivity contribution in [3.05, 3.63) is 78.0 Å². The molecule has 0 spiro atoms. The molecule has 0 saturated carbocycles. The highest BCUT2D eigenvalue weighted by Crippen LogP contribution is 2.32. The van der Waals surface area contributed by atoms with Crippen molar-refractivity contribution < 1.29 is 14.7 Å². The minimum atomic E-state index is -0.697. The van der Waals surface area contributed by atoms with Crippen LogP contribution in [0.15, 0.2) is 66.7 Å². The molecule has 5 rings (SSSR count). The number of carbonyl (C=O) groups is 2. The second-order valence-electron chi connectivity index (χ2n) is 9.85. The van der Waals surface area contributed by atoms with Crippen molar-refractivity contribution in [3.8, 4) is 16.9 Å². The van der Waals surface area contributed by atoms with Gasteiger partial charge in [0.15, 0.2) is 0 Å². The van der Waals surface area contributed by atoms with Gasteiger partial charge in [0.1, 0.15) is 0 Å². The predicted octanol–water partition coefficient (Wildman–Crippen LogP) is 3.66. The number of likely N-dealkylation sites (tertiary alicyclic amines) is 1. The summed E-state index contributed by atoms with van der Waals surface area (Å²) in [7, 11) is 0. The molecule has 3 aromatic rings. The summed E-state index contributed by atoms with van der Waals surface area (Å²) < 4.78 is 2.18. The fraction of sp³-hybridized carbons (Fsp3) is 0.379. The van der Waals surface area contributed by atoms with Gasteiger partial charge in [0, 0.05) is 37.6 Å². The molecular formula is C29H34N4O3. The van der Waals surface area contributed by atoms with Gasteiger partial charge in [0.2, 0.25) is 0 Å². The van der Waals surface area contributed by atoms with Crippen molar-refractivity contribution in [2.75, 3.05) is 39.3 Å². The average molecular weight is 487 g/mol. The summed E-state index contributed by atoms with van der Waals surface area (Å²) in [5.74, 6) is -0.895. The number of amides is 1. The fourth-order valence-electron chi connectivity index (χ4n) is 5.60. The molecule has 2 aliphatic heterocycles. The first-order valence-corrected chi connectivity index (χ1v) is 12.8. The van der Waals surface area contributed by atoms with E-state index in [0.717, 1.165) is 60.9 Å². The van der Waals surface area contributed by atoms with Gasteiger partial charge in [-0.15, -0.1) is 0 Å². The number of piperazine rings is 1. The Morgan fingerprint density at radius 3 is 2.31 bits per heavy atom. The Morgan fingerprint density at radius 2 is 1.64 bits per heavy atom. The largest absolute Gasteiger partial charge is 0.481 e. The van der Waals surface area contributed by atoms with Crippen molar-refractivity contribution >= 4 is 11.9 Å². The minimum Gasteiger partial charge on any atom is -0.481 e. The quantitative estimate of drug-likeness (QED) is 0.556. The lowest BCUT2D eigenvalue weighted by atomic mass is 9.96. The first-order chi connectivity index (χ1) is 17.5. The number of hydrogen-bond donors (Lipinski definition) is 2. The zero-order chi connectivity index (χ0) is 25.1. The van der Waals surface area contributed by atoms with E-state index in [1.807, 2.05) is 47.4 Å². The van der Waals surface area contributed by atoms with Crippen LogP contribution in [0.3, 0.4) is 0 Å². The summed E-state index contributed by atoms with van der Waals surface area (Å²) in [6.45, 7) is 6.48. The molecule has 2 N–H and O–H groups in total. The Kier molecular flexibility index (Phi) is 7.20. The summed E-state index contributed by atoms with van der Waals surface area (Å²) in [6.07, 6.45) is 1.33. The van der Waals surface area contributed by atoms with E-state index in [2.05, 4.69) is 46.0 Å². The predicted molar refractivity (Wildman–Crippen MR) is 140 cm³/mol. The van der Waals surface area contributed by atoms with Crippen LogP contribution in [-0.4, -0.2) is 76.7 Å². The lowest BCUT2D eigenvalue weighted by Crippen LogP contribution is -2.58. The summed E-state index contributed by atoms with van der Waals surface area (Å²) in [5.41, 5.74) is 4.71. The molecule has 3 heterocycles. The van der Waals surface area contributed by atoms with Gasteiger partial charge in [-0.3, -0.25) is 9.59 Å². The van der Waals surface area contributed by atoms with E-state index in [1.54, 1.807) is 0 Å². The van der Waals surface area contributed by atoms with Crippen molar-refractivity contribution in [1.29, 1.82) is 0 Å². The van der Waals surface area contributed by atoms with E-state index in [1.165, 1.54) is 0 Å². The van der Waals surface area contributed by atoms with E-state index < -0.39 is 5.97 Å². The fourth-order valence-corrected chi connectivity index (χ4v) is 5.60. The number of nitrogens with one attached hydrogen (secondary N) is 1. The second kappa shape index (κ2) is 10.7. The lowest BCUT2D eigenvalue weighted by molar-refractivity contribution is -0.143. The van der Waals surface area contributed by atoms with E-state index in [4.69, 9.17) is 0 Å². The van der Waals surface area contributed by atoms with Gasteiger partial charge in [-0.25, -0.2) is 0 Å². The number of aryl methyl sites for hydroxylation is 1. The Balaban J connectivity index is 1.45. The first kappa shape index (κ1) is 24.3. The molecule has 7 nitrogen and oxygen atoms in total. The van der Waals surface area contributed by atoms with Gasteiger partial charge < -0.3 is 24.8 Å². The molecule has 0 radical (unpaired) electrons. The molecule has 1 aromatic heterocycles. The molecule has 0 bridgehead atoms. The van der Waals surface area contributed by atoms with Gasteiger partial charge in [0.05, 0.1) is 23.2 Å². The minimum absolute atomic E-state index is 0.0385. The van der Waals surface area contributed by atoms with Crippen LogP contribution in [0, 0.1) is 12.8 Å².